The standard InChI is InChI=1S/C24H18Cl2N4O4/c25-19-3-1-2-17(10-19)13-29-14-20(12-27-29)28-24(31)18-6-4-16(5-7-18)15-34-23-9-8-21(30(32)33)11-22(23)26/h1-12,14H,13,15H2,(H,28,31). The first-order valence-corrected chi connectivity index (χ1v) is 10.9. The second-order valence-electron chi connectivity index (χ2n) is 7.37. The number of rotatable bonds is 8. The molecular formula is C24H18Cl2N4O4. The number of ether oxygens (including phenoxy) is 1. The Balaban J connectivity index is 1.33. The number of benzene rings is 3. The van der Waals surface area contributed by atoms with E-state index in [0.717, 1.165) is 11.1 Å². The maximum absolute atomic E-state index is 12.6. The average Bonchev–Trinajstić information content (AvgIpc) is 3.25. The van der Waals surface area contributed by atoms with Crippen LogP contribution in [-0.2, 0) is 13.2 Å². The van der Waals surface area contributed by atoms with Gasteiger partial charge in [0.2, 0.25) is 0 Å². The summed E-state index contributed by atoms with van der Waals surface area (Å²) in [5, 5.41) is 18.7. The van der Waals surface area contributed by atoms with E-state index in [9.17, 15) is 14.9 Å². The molecule has 4 rings (SSSR count). The number of nitrogens with one attached hydrogen (secondary N) is 1. The van der Waals surface area contributed by atoms with Gasteiger partial charge >= 0.3 is 0 Å². The lowest BCUT2D eigenvalue weighted by Crippen LogP contribution is -2.11. The molecule has 1 aromatic heterocycles. The second kappa shape index (κ2) is 10.4. The van der Waals surface area contributed by atoms with Gasteiger partial charge in [0.1, 0.15) is 12.4 Å². The summed E-state index contributed by atoms with van der Waals surface area (Å²) in [6.45, 7) is 0.722. The van der Waals surface area contributed by atoms with Gasteiger partial charge in [-0.05, 0) is 41.5 Å². The van der Waals surface area contributed by atoms with E-state index in [1.807, 2.05) is 24.3 Å². The maximum Gasteiger partial charge on any atom is 0.271 e. The molecule has 0 fully saturated rings. The van der Waals surface area contributed by atoms with Crippen molar-refractivity contribution in [2.75, 3.05) is 5.32 Å². The van der Waals surface area contributed by atoms with Crippen molar-refractivity contribution in [3.63, 3.8) is 0 Å². The van der Waals surface area contributed by atoms with Crippen LogP contribution in [0.4, 0.5) is 11.4 Å². The van der Waals surface area contributed by atoms with Crippen LogP contribution in [0.5, 0.6) is 5.75 Å². The first-order chi connectivity index (χ1) is 16.4. The van der Waals surface area contributed by atoms with Crippen molar-refractivity contribution in [2.24, 2.45) is 0 Å². The molecule has 1 N–H and O–H groups in total. The first kappa shape index (κ1) is 23.3. The molecule has 3 aromatic carbocycles. The molecule has 0 bridgehead atoms. The third-order valence-electron chi connectivity index (χ3n) is 4.86. The lowest BCUT2D eigenvalue weighted by Gasteiger charge is -2.09. The fourth-order valence-corrected chi connectivity index (χ4v) is 3.62. The summed E-state index contributed by atoms with van der Waals surface area (Å²) in [6.07, 6.45) is 3.33. The highest BCUT2D eigenvalue weighted by molar-refractivity contribution is 6.32. The monoisotopic (exact) mass is 496 g/mol. The molecule has 0 aliphatic heterocycles. The highest BCUT2D eigenvalue weighted by Gasteiger charge is 2.11. The smallest absolute Gasteiger partial charge is 0.271 e. The Bertz CT molecular complexity index is 1340. The number of halogens is 2. The Morgan fingerprint density at radius 2 is 1.85 bits per heavy atom. The van der Waals surface area contributed by atoms with E-state index >= 15 is 0 Å². The predicted octanol–water partition coefficient (Wildman–Crippen LogP) is 5.98. The number of anilines is 1. The normalized spacial score (nSPS) is 10.6. The Morgan fingerprint density at radius 1 is 1.06 bits per heavy atom. The molecule has 1 heterocycles. The van der Waals surface area contributed by atoms with Crippen molar-refractivity contribution in [2.45, 2.75) is 13.2 Å². The van der Waals surface area contributed by atoms with Gasteiger partial charge in [-0.2, -0.15) is 5.10 Å². The number of non-ortho nitro benzene ring substituents is 1. The van der Waals surface area contributed by atoms with Crippen molar-refractivity contribution in [3.05, 3.63) is 116 Å². The van der Waals surface area contributed by atoms with E-state index < -0.39 is 4.92 Å². The van der Waals surface area contributed by atoms with Crippen LogP contribution in [0.2, 0.25) is 10.0 Å². The molecule has 0 unspecified atom stereocenters. The van der Waals surface area contributed by atoms with Crippen molar-refractivity contribution in [1.82, 2.24) is 9.78 Å². The van der Waals surface area contributed by atoms with Crippen LogP contribution in [0.1, 0.15) is 21.5 Å². The summed E-state index contributed by atoms with van der Waals surface area (Å²) in [5.74, 6) is 0.0667. The van der Waals surface area contributed by atoms with E-state index in [1.165, 1.54) is 18.2 Å². The average molecular weight is 497 g/mol. The summed E-state index contributed by atoms with van der Waals surface area (Å²) in [4.78, 5) is 22.9. The van der Waals surface area contributed by atoms with Crippen LogP contribution in [0.15, 0.2) is 79.1 Å². The quantitative estimate of drug-likeness (QED) is 0.239. The Kier molecular flexibility index (Phi) is 7.10. The third kappa shape index (κ3) is 5.92. The topological polar surface area (TPSA) is 99.3 Å². The minimum atomic E-state index is -0.524. The molecule has 0 aliphatic carbocycles. The van der Waals surface area contributed by atoms with Gasteiger partial charge in [0.05, 0.1) is 28.4 Å². The van der Waals surface area contributed by atoms with Crippen LogP contribution in [0.3, 0.4) is 0 Å². The molecule has 1 amide bonds. The van der Waals surface area contributed by atoms with Gasteiger partial charge in [0, 0.05) is 28.9 Å². The predicted molar refractivity (Wildman–Crippen MR) is 130 cm³/mol. The van der Waals surface area contributed by atoms with Gasteiger partial charge < -0.3 is 10.1 Å². The Labute approximate surface area is 204 Å². The van der Waals surface area contributed by atoms with Crippen molar-refractivity contribution >= 4 is 40.5 Å². The molecule has 0 radical (unpaired) electrons. The number of carbonyl (C=O) groups is 1. The van der Waals surface area contributed by atoms with Gasteiger partial charge in [-0.3, -0.25) is 19.6 Å². The van der Waals surface area contributed by atoms with Gasteiger partial charge in [-0.25, -0.2) is 0 Å². The molecule has 34 heavy (non-hydrogen) atoms. The molecule has 172 valence electrons. The van der Waals surface area contributed by atoms with Crippen molar-refractivity contribution < 1.29 is 14.5 Å². The third-order valence-corrected chi connectivity index (χ3v) is 5.39. The molecule has 0 saturated carbocycles. The number of nitro groups is 1. The number of nitrogens with zero attached hydrogens (tertiary/aromatic N) is 3. The summed E-state index contributed by atoms with van der Waals surface area (Å²) >= 11 is 12.1. The Hall–Kier alpha value is -3.88. The summed E-state index contributed by atoms with van der Waals surface area (Å²) in [7, 11) is 0. The van der Waals surface area contributed by atoms with Crippen LogP contribution in [0, 0.1) is 10.1 Å². The number of amides is 1. The maximum atomic E-state index is 12.6. The van der Waals surface area contributed by atoms with Gasteiger partial charge in [0.25, 0.3) is 11.6 Å². The first-order valence-electron chi connectivity index (χ1n) is 10.1. The lowest BCUT2D eigenvalue weighted by atomic mass is 10.1. The van der Waals surface area contributed by atoms with Gasteiger partial charge in [-0.15, -0.1) is 0 Å². The zero-order valence-corrected chi connectivity index (χ0v) is 19.2. The minimum Gasteiger partial charge on any atom is -0.487 e. The number of hydrogen-bond donors (Lipinski definition) is 1. The van der Waals surface area contributed by atoms with Crippen molar-refractivity contribution in [1.29, 1.82) is 0 Å². The SMILES string of the molecule is O=C(Nc1cnn(Cc2cccc(Cl)c2)c1)c1ccc(COc2ccc([N+](=O)[O-])cc2Cl)cc1. The number of nitro benzene ring substituents is 1. The van der Waals surface area contributed by atoms with Gasteiger partial charge in [-0.1, -0.05) is 47.5 Å². The van der Waals surface area contributed by atoms with E-state index in [1.54, 1.807) is 41.3 Å². The lowest BCUT2D eigenvalue weighted by molar-refractivity contribution is -0.384. The summed E-state index contributed by atoms with van der Waals surface area (Å²) in [6, 6.07) is 18.4. The minimum absolute atomic E-state index is 0.109. The highest BCUT2D eigenvalue weighted by atomic mass is 35.5. The zero-order valence-electron chi connectivity index (χ0n) is 17.7. The molecule has 4 aromatic rings. The van der Waals surface area contributed by atoms with Crippen LogP contribution < -0.4 is 10.1 Å². The largest absolute Gasteiger partial charge is 0.487 e. The summed E-state index contributed by atoms with van der Waals surface area (Å²) < 4.78 is 7.35. The Morgan fingerprint density at radius 3 is 2.56 bits per heavy atom. The van der Waals surface area contributed by atoms with Crippen LogP contribution in [-0.4, -0.2) is 20.6 Å². The molecule has 0 saturated heterocycles. The van der Waals surface area contributed by atoms with E-state index in [4.69, 9.17) is 27.9 Å². The zero-order chi connectivity index (χ0) is 24.1. The highest BCUT2D eigenvalue weighted by Crippen LogP contribution is 2.29. The number of carbonyl (C=O) groups excluding carboxylic acids is 1. The van der Waals surface area contributed by atoms with E-state index in [0.29, 0.717) is 28.6 Å². The molecule has 0 atom stereocenters. The number of aromatic nitrogens is 2. The van der Waals surface area contributed by atoms with Gasteiger partial charge in [0.15, 0.2) is 0 Å². The van der Waals surface area contributed by atoms with Crippen LogP contribution in [0.25, 0.3) is 0 Å². The molecule has 0 aliphatic rings. The van der Waals surface area contributed by atoms with E-state index in [2.05, 4.69) is 10.4 Å². The molecule has 0 spiro atoms. The molecule has 10 heteroatoms. The fraction of sp³-hybridized carbons (Fsp3) is 0.0833. The molecular weight excluding hydrogens is 479 g/mol. The van der Waals surface area contributed by atoms with Crippen molar-refractivity contribution in [3.8, 4) is 5.75 Å². The molecule has 8 nitrogen and oxygen atoms in total. The van der Waals surface area contributed by atoms with E-state index in [-0.39, 0.29) is 23.2 Å². The number of hydrogen-bond acceptors (Lipinski definition) is 5. The summed E-state index contributed by atoms with van der Waals surface area (Å²) in [5.41, 5.74) is 2.75. The second-order valence-corrected chi connectivity index (χ2v) is 8.21. The van der Waals surface area contributed by atoms with Crippen LogP contribution >= 0.6 is 23.2 Å². The fourth-order valence-electron chi connectivity index (χ4n) is 3.17.